The molecule has 0 radical (unpaired) electrons. The highest BCUT2D eigenvalue weighted by molar-refractivity contribution is 7.65. The lowest BCUT2D eigenvalue weighted by molar-refractivity contribution is 0.261. The maximum atomic E-state index is 13.3. The Morgan fingerprint density at radius 3 is 1.37 bits per heavy atom. The van der Waals surface area contributed by atoms with Crippen LogP contribution in [0.1, 0.15) is 49.9 Å². The van der Waals surface area contributed by atoms with Crippen LogP contribution < -0.4 is 0 Å². The van der Waals surface area contributed by atoms with Crippen molar-refractivity contribution in [3.05, 3.63) is 167 Å². The lowest BCUT2D eigenvalue weighted by Gasteiger charge is -2.27. The van der Waals surface area contributed by atoms with Crippen molar-refractivity contribution in [1.82, 2.24) is 0 Å². The molecule has 236 valence electrons. The highest BCUT2D eigenvalue weighted by atomic mass is 31.2. The average molecular weight is 653 g/mol. The van der Waals surface area contributed by atoms with Crippen molar-refractivity contribution in [3.63, 3.8) is 0 Å². The van der Waals surface area contributed by atoms with Crippen LogP contribution in [0.4, 0.5) is 0 Å². The first-order valence-corrected chi connectivity index (χ1v) is 18.3. The van der Waals surface area contributed by atoms with Gasteiger partial charge in [-0.25, -0.2) is 9.13 Å². The van der Waals surface area contributed by atoms with Crippen LogP contribution in [0.2, 0.25) is 0 Å². The monoisotopic (exact) mass is 652 g/mol. The molecule has 6 rings (SSSR count). The molecule has 2 aliphatic rings. The first-order valence-electron chi connectivity index (χ1n) is 15.2. The van der Waals surface area contributed by atoms with Gasteiger partial charge in [0.25, 0.3) is 0 Å². The second-order valence-electron chi connectivity index (χ2n) is 10.5. The third-order valence-electron chi connectivity index (χ3n) is 7.29. The zero-order valence-electron chi connectivity index (χ0n) is 26.5. The van der Waals surface area contributed by atoms with Gasteiger partial charge in [-0.15, -0.1) is 0 Å². The van der Waals surface area contributed by atoms with E-state index >= 15 is 0 Å². The largest absolute Gasteiger partial charge is 0.425 e. The van der Waals surface area contributed by atoms with E-state index in [0.717, 1.165) is 33.4 Å². The first kappa shape index (κ1) is 33.2. The molecule has 8 heteroatoms. The van der Waals surface area contributed by atoms with Gasteiger partial charge in [0.1, 0.15) is 11.5 Å². The van der Waals surface area contributed by atoms with Gasteiger partial charge < -0.3 is 9.05 Å². The first-order chi connectivity index (χ1) is 22.3. The van der Waals surface area contributed by atoms with E-state index in [1.54, 1.807) is 0 Å². The Balaban J connectivity index is 0.000000181. The van der Waals surface area contributed by atoms with E-state index in [9.17, 15) is 9.13 Å². The summed E-state index contributed by atoms with van der Waals surface area (Å²) in [6.45, 7) is 8.07. The highest BCUT2D eigenvalue weighted by Gasteiger charge is 2.38. The van der Waals surface area contributed by atoms with Gasteiger partial charge in [0, 0.05) is 11.1 Å². The normalized spacial score (nSPS) is 20.9. The molecular weight excluding hydrogens is 614 g/mol. The Bertz CT molecular complexity index is 1860. The van der Waals surface area contributed by atoms with Crippen molar-refractivity contribution in [1.29, 1.82) is 0 Å². The Hall–Kier alpha value is -4.18. The molecule has 0 spiro atoms. The van der Waals surface area contributed by atoms with Gasteiger partial charge in [-0.2, -0.15) is 0 Å². The summed E-state index contributed by atoms with van der Waals surface area (Å²) >= 11 is 0. The Morgan fingerprint density at radius 1 is 0.522 bits per heavy atom. The summed E-state index contributed by atoms with van der Waals surface area (Å²) in [5.74, 6) is 1.23. The van der Waals surface area contributed by atoms with Crippen LogP contribution in [0.3, 0.4) is 0 Å². The van der Waals surface area contributed by atoms with Gasteiger partial charge >= 0.3 is 15.2 Å². The topological polar surface area (TPSA) is 71.1 Å². The Kier molecular flexibility index (Phi) is 10.8. The van der Waals surface area contributed by atoms with Gasteiger partial charge in [-0.1, -0.05) is 121 Å². The quantitative estimate of drug-likeness (QED) is 0.176. The fraction of sp³-hybridized carbons (Fsp3) is 0.158. The fourth-order valence-corrected chi connectivity index (χ4v) is 8.97. The molecule has 46 heavy (non-hydrogen) atoms. The molecule has 6 nitrogen and oxygen atoms in total. The molecule has 0 fully saturated rings. The molecule has 4 aromatic rings. The molecule has 2 aliphatic heterocycles. The summed E-state index contributed by atoms with van der Waals surface area (Å²) in [7, 11) is -6.76. The number of hydrogen-bond donors (Lipinski definition) is 0. The van der Waals surface area contributed by atoms with Crippen LogP contribution in [-0.2, 0) is 27.2 Å². The minimum absolute atomic E-state index is 0.322. The van der Waals surface area contributed by atoms with Crippen molar-refractivity contribution in [3.8, 4) is 0 Å². The molecule has 2 atom stereocenters. The van der Waals surface area contributed by atoms with E-state index in [4.69, 9.17) is 18.1 Å². The second-order valence-corrected chi connectivity index (χ2v) is 14.4. The standard InChI is InChI=1S/2C19H19O3P/c1-3-21-23(20)19(17-12-8-5-9-13-17)14-18(15(2)22-23)16-10-6-4-7-11-16;1-3-21-23(20)18(16-10-6-4-7-11-16)14-15(2)19(22-23)17-12-8-5-9-13-17/h2*4-14H,3H2,1-2H3. The summed E-state index contributed by atoms with van der Waals surface area (Å²) in [5, 5.41) is 1.21. The average Bonchev–Trinajstić information content (AvgIpc) is 3.08. The molecule has 0 saturated heterocycles. The number of benzene rings is 4. The zero-order valence-corrected chi connectivity index (χ0v) is 28.2. The van der Waals surface area contributed by atoms with Gasteiger partial charge in [0.05, 0.1) is 23.8 Å². The Labute approximate surface area is 271 Å². The third-order valence-corrected chi connectivity index (χ3v) is 11.4. The van der Waals surface area contributed by atoms with E-state index in [1.165, 1.54) is 0 Å². The maximum absolute atomic E-state index is 13.3. The third kappa shape index (κ3) is 7.44. The molecule has 2 unspecified atom stereocenters. The van der Waals surface area contributed by atoms with Gasteiger partial charge in [0.15, 0.2) is 0 Å². The zero-order chi connectivity index (χ0) is 32.6. The summed E-state index contributed by atoms with van der Waals surface area (Å²) in [6.07, 6.45) is 3.84. The van der Waals surface area contributed by atoms with Gasteiger partial charge in [-0.3, -0.25) is 9.05 Å². The van der Waals surface area contributed by atoms with E-state index in [1.807, 2.05) is 161 Å². The number of rotatable bonds is 8. The molecule has 0 amide bonds. The van der Waals surface area contributed by atoms with Crippen LogP contribution in [0, 0.1) is 0 Å². The molecule has 4 aromatic carbocycles. The summed E-state index contributed by atoms with van der Waals surface area (Å²) in [4.78, 5) is 0. The predicted octanol–water partition coefficient (Wildman–Crippen LogP) is 11.4. The summed E-state index contributed by atoms with van der Waals surface area (Å²) in [5.41, 5.74) is 5.49. The molecule has 0 bridgehead atoms. The minimum Gasteiger partial charge on any atom is -0.425 e. The molecule has 2 heterocycles. The van der Waals surface area contributed by atoms with Crippen LogP contribution in [-0.4, -0.2) is 13.2 Å². The SMILES string of the molecule is CCOP1(=O)OC(C)=C(c2ccccc2)C=C1c1ccccc1.CCOP1(=O)OC(c2ccccc2)=C(C)C=C1c1ccccc1. The van der Waals surface area contributed by atoms with Crippen LogP contribution in [0.5, 0.6) is 0 Å². The van der Waals surface area contributed by atoms with Crippen molar-refractivity contribution < 1.29 is 27.2 Å². The molecule has 0 aromatic heterocycles. The summed E-state index contributed by atoms with van der Waals surface area (Å²) < 4.78 is 49.4. The molecule has 0 N–H and O–H groups in total. The minimum atomic E-state index is -3.40. The number of hydrogen-bond acceptors (Lipinski definition) is 6. The van der Waals surface area contributed by atoms with E-state index < -0.39 is 15.2 Å². The van der Waals surface area contributed by atoms with E-state index in [-0.39, 0.29) is 0 Å². The summed E-state index contributed by atoms with van der Waals surface area (Å²) in [6, 6.07) is 38.8. The van der Waals surface area contributed by atoms with E-state index in [0.29, 0.717) is 35.4 Å². The van der Waals surface area contributed by atoms with Gasteiger partial charge in [-0.05, 0) is 62.1 Å². The van der Waals surface area contributed by atoms with Crippen LogP contribution in [0.15, 0.2) is 145 Å². The molecular formula is C38H38O6P2. The number of allylic oxidation sites excluding steroid dienone is 5. The lowest BCUT2D eigenvalue weighted by atomic mass is 10.0. The smallest absolute Gasteiger partial charge is 0.411 e. The maximum Gasteiger partial charge on any atom is 0.411 e. The van der Waals surface area contributed by atoms with Crippen molar-refractivity contribution >= 4 is 37.2 Å². The highest BCUT2D eigenvalue weighted by Crippen LogP contribution is 2.66. The second kappa shape index (κ2) is 14.9. The van der Waals surface area contributed by atoms with Crippen LogP contribution in [0.25, 0.3) is 22.0 Å². The lowest BCUT2D eigenvalue weighted by Crippen LogP contribution is -2.05. The van der Waals surface area contributed by atoms with E-state index in [2.05, 4.69) is 0 Å². The van der Waals surface area contributed by atoms with Crippen molar-refractivity contribution in [2.75, 3.05) is 13.2 Å². The van der Waals surface area contributed by atoms with Crippen LogP contribution >= 0.6 is 15.2 Å². The van der Waals surface area contributed by atoms with Gasteiger partial charge in [0.2, 0.25) is 0 Å². The fourth-order valence-electron chi connectivity index (χ4n) is 5.19. The molecule has 0 aliphatic carbocycles. The van der Waals surface area contributed by atoms with Crippen molar-refractivity contribution in [2.45, 2.75) is 27.7 Å². The molecule has 0 saturated carbocycles. The predicted molar refractivity (Wildman–Crippen MR) is 188 cm³/mol. The van der Waals surface area contributed by atoms with Crippen molar-refractivity contribution in [2.24, 2.45) is 0 Å². The Morgan fingerprint density at radius 2 is 0.913 bits per heavy atom.